The van der Waals surface area contributed by atoms with Gasteiger partial charge in [-0.25, -0.2) is 9.79 Å². The molecule has 36 heavy (non-hydrogen) atoms. The van der Waals surface area contributed by atoms with E-state index in [4.69, 9.17) is 9.73 Å². The minimum Gasteiger partial charge on any atom is -0.458 e. The Hall–Kier alpha value is -3.65. The Morgan fingerprint density at radius 1 is 1.22 bits per heavy atom. The van der Waals surface area contributed by atoms with Crippen LogP contribution in [-0.2, 0) is 20.9 Å². The molecule has 0 saturated heterocycles. The van der Waals surface area contributed by atoms with Gasteiger partial charge in [-0.2, -0.15) is 0 Å². The van der Waals surface area contributed by atoms with Gasteiger partial charge in [-0.05, 0) is 41.5 Å². The molecular weight excluding hydrogens is 472 g/mol. The van der Waals surface area contributed by atoms with E-state index in [-0.39, 0.29) is 18.9 Å². The van der Waals surface area contributed by atoms with E-state index in [2.05, 4.69) is 42.9 Å². The van der Waals surface area contributed by atoms with Crippen LogP contribution in [0.2, 0.25) is 0 Å². The number of pyridine rings is 1. The maximum absolute atomic E-state index is 13.2. The molecule has 8 heteroatoms. The first kappa shape index (κ1) is 25.4. The number of esters is 1. The van der Waals surface area contributed by atoms with Crippen molar-refractivity contribution in [3.8, 4) is 0 Å². The molecule has 0 fully saturated rings. The number of nitrogens with one attached hydrogen (secondary N) is 1. The summed E-state index contributed by atoms with van der Waals surface area (Å²) < 4.78 is 5.44. The normalized spacial score (nSPS) is 16.9. The topological polar surface area (TPSA) is 83.9 Å². The second kappa shape index (κ2) is 11.4. The summed E-state index contributed by atoms with van der Waals surface area (Å²) in [6.45, 7) is 10.2. The predicted octanol–water partition coefficient (Wildman–Crippen LogP) is 5.22. The van der Waals surface area contributed by atoms with E-state index in [1.165, 1.54) is 17.3 Å². The van der Waals surface area contributed by atoms with Gasteiger partial charge in [0, 0.05) is 11.9 Å². The zero-order chi connectivity index (χ0) is 25.7. The number of carbonyl (C=O) groups is 2. The number of aromatic nitrogens is 1. The van der Waals surface area contributed by atoms with Gasteiger partial charge in [-0.1, -0.05) is 68.6 Å². The Kier molecular flexibility index (Phi) is 8.05. The van der Waals surface area contributed by atoms with Crippen LogP contribution in [0, 0.1) is 0 Å². The molecule has 0 saturated carbocycles. The summed E-state index contributed by atoms with van der Waals surface area (Å²) in [5, 5.41) is 5.60. The smallest absolute Gasteiger partial charge is 0.338 e. The molecule has 1 N–H and O–H groups in total. The van der Waals surface area contributed by atoms with Gasteiger partial charge in [-0.3, -0.25) is 9.78 Å². The van der Waals surface area contributed by atoms with Gasteiger partial charge in [0.05, 0.1) is 36.0 Å². The van der Waals surface area contributed by atoms with Crippen LogP contribution in [0.15, 0.2) is 88.7 Å². The Morgan fingerprint density at radius 2 is 2.00 bits per heavy atom. The molecule has 1 aromatic heterocycles. The van der Waals surface area contributed by atoms with Gasteiger partial charge in [0.25, 0.3) is 0 Å². The zero-order valence-electron chi connectivity index (χ0n) is 20.7. The maximum atomic E-state index is 13.2. The lowest BCUT2D eigenvalue weighted by molar-refractivity contribution is -0.138. The lowest BCUT2D eigenvalue weighted by Crippen LogP contribution is -2.38. The fraction of sp³-hybridized carbons (Fsp3) is 0.286. The summed E-state index contributed by atoms with van der Waals surface area (Å²) in [6, 6.07) is 13.4. The summed E-state index contributed by atoms with van der Waals surface area (Å²) in [5.74, 6) is -0.189. The van der Waals surface area contributed by atoms with Gasteiger partial charge in [0.2, 0.25) is 5.91 Å². The van der Waals surface area contributed by atoms with Crippen molar-refractivity contribution in [3.05, 3.63) is 101 Å². The quantitative estimate of drug-likeness (QED) is 0.374. The summed E-state index contributed by atoms with van der Waals surface area (Å²) in [6.07, 6.45) is 3.39. The van der Waals surface area contributed by atoms with Crippen LogP contribution in [0.25, 0.3) is 0 Å². The second-order valence-electron chi connectivity index (χ2n) is 8.88. The van der Waals surface area contributed by atoms with Crippen LogP contribution in [-0.4, -0.2) is 33.5 Å². The first-order valence-corrected chi connectivity index (χ1v) is 12.8. The highest BCUT2D eigenvalue weighted by atomic mass is 32.2. The third-order valence-corrected chi connectivity index (χ3v) is 6.89. The highest BCUT2D eigenvalue weighted by Gasteiger charge is 2.41. The van der Waals surface area contributed by atoms with Gasteiger partial charge >= 0.3 is 5.97 Å². The van der Waals surface area contributed by atoms with Gasteiger partial charge in [0.1, 0.15) is 6.61 Å². The molecule has 4 rings (SSSR count). The van der Waals surface area contributed by atoms with E-state index in [0.29, 0.717) is 23.7 Å². The largest absolute Gasteiger partial charge is 0.458 e. The number of rotatable bonds is 9. The van der Waals surface area contributed by atoms with E-state index in [0.717, 1.165) is 22.1 Å². The fourth-order valence-electron chi connectivity index (χ4n) is 4.14. The average molecular weight is 503 g/mol. The van der Waals surface area contributed by atoms with Crippen molar-refractivity contribution in [2.24, 2.45) is 4.99 Å². The van der Waals surface area contributed by atoms with Crippen molar-refractivity contribution in [3.63, 3.8) is 0 Å². The van der Waals surface area contributed by atoms with Crippen LogP contribution < -0.4 is 5.32 Å². The molecule has 0 bridgehead atoms. The fourth-order valence-corrected chi connectivity index (χ4v) is 5.10. The molecule has 0 spiro atoms. The molecule has 1 atom stereocenters. The Bertz CT molecular complexity index is 1230. The molecule has 1 amide bonds. The number of hydrogen-bond acceptors (Lipinski definition) is 7. The van der Waals surface area contributed by atoms with E-state index in [1.54, 1.807) is 12.3 Å². The number of amides is 1. The first-order chi connectivity index (χ1) is 17.4. The number of hydrogen-bond donors (Lipinski definition) is 1. The van der Waals surface area contributed by atoms with Crippen LogP contribution in [0.3, 0.4) is 0 Å². The van der Waals surface area contributed by atoms with Crippen LogP contribution in [0.4, 0.5) is 0 Å². The number of ether oxygens (including phenoxy) is 1. The van der Waals surface area contributed by atoms with E-state index in [1.807, 2.05) is 47.6 Å². The Morgan fingerprint density at radius 3 is 2.67 bits per heavy atom. The molecule has 2 aromatic rings. The van der Waals surface area contributed by atoms with Crippen LogP contribution in [0.5, 0.6) is 0 Å². The summed E-state index contributed by atoms with van der Waals surface area (Å²) in [7, 11) is 0. The molecule has 0 aliphatic carbocycles. The van der Waals surface area contributed by atoms with Crippen molar-refractivity contribution in [2.75, 3.05) is 6.61 Å². The molecule has 3 heterocycles. The summed E-state index contributed by atoms with van der Waals surface area (Å²) >= 11 is 1.45. The number of benzene rings is 1. The molecule has 186 valence electrons. The van der Waals surface area contributed by atoms with Crippen molar-refractivity contribution < 1.29 is 14.3 Å². The first-order valence-electron chi connectivity index (χ1n) is 11.9. The molecule has 2 aliphatic rings. The van der Waals surface area contributed by atoms with E-state index in [9.17, 15) is 9.59 Å². The predicted molar refractivity (Wildman–Crippen MR) is 143 cm³/mol. The minimum absolute atomic E-state index is 0.110. The summed E-state index contributed by atoms with van der Waals surface area (Å²) in [5.41, 5.74) is 4.76. The van der Waals surface area contributed by atoms with Crippen molar-refractivity contribution in [1.29, 1.82) is 0 Å². The number of amidine groups is 1. The van der Waals surface area contributed by atoms with E-state index < -0.39 is 12.0 Å². The number of fused-ring (bicyclic) bond motifs is 1. The molecule has 7 nitrogen and oxygen atoms in total. The number of allylic oxidation sites excluding steroid dienone is 1. The standard InChI is InChI=1S/C28H30N4O3S/c1-5-14-35-27(34)25-19(4)31-28-32(26(25)21-11-9-20(10-12-21)18(2)3)23(17-36-28)15-24(33)30-16-22-8-6-7-13-29-22/h5-13,17-18,26H,1,14-16H2,2-4H3,(H,30,33). The summed E-state index contributed by atoms with van der Waals surface area (Å²) in [4.78, 5) is 37.0. The molecular formula is C28H30N4O3S. The Labute approximate surface area is 216 Å². The molecule has 2 aliphatic heterocycles. The molecule has 1 unspecified atom stereocenters. The van der Waals surface area contributed by atoms with Crippen molar-refractivity contribution in [2.45, 2.75) is 45.7 Å². The molecule has 1 aromatic carbocycles. The number of aliphatic imine (C=N–C) groups is 1. The van der Waals surface area contributed by atoms with Crippen LogP contribution in [0.1, 0.15) is 56.0 Å². The zero-order valence-corrected chi connectivity index (χ0v) is 21.5. The lowest BCUT2D eigenvalue weighted by atomic mass is 9.92. The monoisotopic (exact) mass is 502 g/mol. The maximum Gasteiger partial charge on any atom is 0.338 e. The number of carbonyl (C=O) groups excluding carboxylic acids is 2. The highest BCUT2D eigenvalue weighted by molar-refractivity contribution is 8.16. The third-order valence-electron chi connectivity index (χ3n) is 6.01. The second-order valence-corrected chi connectivity index (χ2v) is 9.71. The molecule has 0 radical (unpaired) electrons. The van der Waals surface area contributed by atoms with Gasteiger partial charge in [-0.15, -0.1) is 0 Å². The minimum atomic E-state index is -0.458. The third kappa shape index (κ3) is 5.60. The number of nitrogens with zero attached hydrogens (tertiary/aromatic N) is 3. The van der Waals surface area contributed by atoms with E-state index >= 15 is 0 Å². The lowest BCUT2D eigenvalue weighted by Gasteiger charge is -2.36. The number of thioether (sulfide) groups is 1. The van der Waals surface area contributed by atoms with Crippen LogP contribution >= 0.6 is 11.8 Å². The van der Waals surface area contributed by atoms with Gasteiger partial charge in [0.15, 0.2) is 5.17 Å². The van der Waals surface area contributed by atoms with Crippen molar-refractivity contribution in [1.82, 2.24) is 15.2 Å². The SMILES string of the molecule is C=CCOC(=O)C1=C(C)N=C2SC=C(CC(=O)NCc3ccccn3)N2C1c1ccc(C(C)C)cc1. The van der Waals surface area contributed by atoms with Gasteiger partial charge < -0.3 is 15.0 Å². The average Bonchev–Trinajstić information content (AvgIpc) is 3.27. The van der Waals surface area contributed by atoms with Crippen molar-refractivity contribution >= 4 is 28.8 Å². The Balaban J connectivity index is 1.62. The highest BCUT2D eigenvalue weighted by Crippen LogP contribution is 2.45.